The molecule has 0 aromatic rings. The quantitative estimate of drug-likeness (QED) is 0.494. The van der Waals surface area contributed by atoms with Gasteiger partial charge >= 0.3 is 0 Å². The van der Waals surface area contributed by atoms with E-state index in [1.54, 1.807) is 0 Å². The first-order chi connectivity index (χ1) is 6.43. The summed E-state index contributed by atoms with van der Waals surface area (Å²) >= 11 is 0. The third kappa shape index (κ3) is 5.03. The molecule has 76 valence electrons. The second kappa shape index (κ2) is 7.06. The van der Waals surface area contributed by atoms with E-state index in [0.29, 0.717) is 0 Å². The molecule has 1 rings (SSSR count). The smallest absolute Gasteiger partial charge is 0.0933 e. The Kier molecular flexibility index (Phi) is 5.81. The zero-order valence-corrected chi connectivity index (χ0v) is 8.13. The van der Waals surface area contributed by atoms with E-state index in [9.17, 15) is 0 Å². The highest BCUT2D eigenvalue weighted by Gasteiger charge is 2.12. The van der Waals surface area contributed by atoms with Crippen LogP contribution in [0.1, 0.15) is 12.8 Å². The molecule has 0 spiro atoms. The first-order valence-electron chi connectivity index (χ1n) is 4.94. The van der Waals surface area contributed by atoms with Crippen LogP contribution in [0.25, 0.3) is 0 Å². The lowest BCUT2D eigenvalue weighted by atomic mass is 10.3. The Balaban J connectivity index is 1.89. The molecule has 1 fully saturated rings. The molecule has 0 aliphatic carbocycles. The highest BCUT2D eigenvalue weighted by molar-refractivity contribution is 4.68. The van der Waals surface area contributed by atoms with Crippen LogP contribution >= 0.6 is 0 Å². The van der Waals surface area contributed by atoms with E-state index in [2.05, 4.69) is 11.9 Å². The zero-order valence-electron chi connectivity index (χ0n) is 8.13. The maximum Gasteiger partial charge on any atom is 0.0933 e. The molecule has 1 aliphatic heterocycles. The van der Waals surface area contributed by atoms with Gasteiger partial charge in [-0.1, -0.05) is 6.08 Å². The van der Waals surface area contributed by atoms with Gasteiger partial charge in [0.05, 0.1) is 25.9 Å². The fourth-order valence-electron chi connectivity index (χ4n) is 1.29. The lowest BCUT2D eigenvalue weighted by Gasteiger charge is -2.23. The lowest BCUT2D eigenvalue weighted by Crippen LogP contribution is -2.37. The largest absolute Gasteiger partial charge is 0.376 e. The summed E-state index contributed by atoms with van der Waals surface area (Å²) in [6.07, 6.45) is 4.42. The molecule has 0 amide bonds. The van der Waals surface area contributed by atoms with Crippen molar-refractivity contribution in [2.45, 2.75) is 18.9 Å². The number of allylic oxidation sites excluding steroid dienone is 1. The zero-order chi connectivity index (χ0) is 9.36. The SMILES string of the molecule is C=CCCCNCC1COCCO1. The van der Waals surface area contributed by atoms with Crippen molar-refractivity contribution < 1.29 is 9.47 Å². The van der Waals surface area contributed by atoms with Gasteiger partial charge in [-0.2, -0.15) is 0 Å². The van der Waals surface area contributed by atoms with Gasteiger partial charge in [0, 0.05) is 6.54 Å². The molecule has 0 aromatic carbocycles. The van der Waals surface area contributed by atoms with Gasteiger partial charge in [0.1, 0.15) is 0 Å². The molecule has 3 heteroatoms. The van der Waals surface area contributed by atoms with Crippen LogP contribution < -0.4 is 5.32 Å². The maximum absolute atomic E-state index is 5.48. The van der Waals surface area contributed by atoms with Gasteiger partial charge in [-0.3, -0.25) is 0 Å². The first kappa shape index (κ1) is 10.7. The molecule has 13 heavy (non-hydrogen) atoms. The summed E-state index contributed by atoms with van der Waals surface area (Å²) < 4.78 is 10.8. The van der Waals surface area contributed by atoms with Crippen molar-refractivity contribution in [2.75, 3.05) is 32.9 Å². The summed E-state index contributed by atoms with van der Waals surface area (Å²) in [5.41, 5.74) is 0. The average molecular weight is 185 g/mol. The highest BCUT2D eigenvalue weighted by atomic mass is 16.6. The van der Waals surface area contributed by atoms with Crippen molar-refractivity contribution in [1.29, 1.82) is 0 Å². The lowest BCUT2D eigenvalue weighted by molar-refractivity contribution is -0.0862. The molecule has 0 aromatic heterocycles. The minimum Gasteiger partial charge on any atom is -0.376 e. The Morgan fingerprint density at radius 2 is 2.38 bits per heavy atom. The molecule has 0 bridgehead atoms. The summed E-state index contributed by atoms with van der Waals surface area (Å²) in [6, 6.07) is 0. The normalized spacial score (nSPS) is 22.9. The number of unbranched alkanes of at least 4 members (excludes halogenated alkanes) is 1. The number of hydrogen-bond donors (Lipinski definition) is 1. The average Bonchev–Trinajstić information content (AvgIpc) is 2.19. The van der Waals surface area contributed by atoms with E-state index >= 15 is 0 Å². The van der Waals surface area contributed by atoms with Crippen LogP contribution in [0.2, 0.25) is 0 Å². The van der Waals surface area contributed by atoms with E-state index < -0.39 is 0 Å². The van der Waals surface area contributed by atoms with Crippen LogP contribution in [0.4, 0.5) is 0 Å². The van der Waals surface area contributed by atoms with Crippen molar-refractivity contribution in [3.05, 3.63) is 12.7 Å². The van der Waals surface area contributed by atoms with Gasteiger partial charge in [-0.05, 0) is 19.4 Å². The molecule has 0 radical (unpaired) electrons. The second-order valence-electron chi connectivity index (χ2n) is 3.20. The second-order valence-corrected chi connectivity index (χ2v) is 3.20. The van der Waals surface area contributed by atoms with Gasteiger partial charge in [0.2, 0.25) is 0 Å². The molecule has 3 nitrogen and oxygen atoms in total. The molecular formula is C10H19NO2. The van der Waals surface area contributed by atoms with Crippen molar-refractivity contribution in [1.82, 2.24) is 5.32 Å². The Labute approximate surface area is 80.1 Å². The Morgan fingerprint density at radius 1 is 1.46 bits per heavy atom. The van der Waals surface area contributed by atoms with Crippen molar-refractivity contribution >= 4 is 0 Å². The van der Waals surface area contributed by atoms with Crippen LogP contribution in [-0.4, -0.2) is 39.0 Å². The van der Waals surface area contributed by atoms with Gasteiger partial charge in [0.15, 0.2) is 0 Å². The summed E-state index contributed by atoms with van der Waals surface area (Å²) in [4.78, 5) is 0. The van der Waals surface area contributed by atoms with E-state index in [4.69, 9.17) is 9.47 Å². The van der Waals surface area contributed by atoms with Crippen molar-refractivity contribution in [3.8, 4) is 0 Å². The van der Waals surface area contributed by atoms with Crippen molar-refractivity contribution in [2.24, 2.45) is 0 Å². The minimum absolute atomic E-state index is 0.248. The van der Waals surface area contributed by atoms with E-state index in [1.165, 1.54) is 0 Å². The Bertz CT molecular complexity index is 133. The van der Waals surface area contributed by atoms with Crippen LogP contribution in [0.15, 0.2) is 12.7 Å². The predicted octanol–water partition coefficient (Wildman–Crippen LogP) is 0.958. The predicted molar refractivity (Wildman–Crippen MR) is 52.9 cm³/mol. The third-order valence-electron chi connectivity index (χ3n) is 2.02. The van der Waals surface area contributed by atoms with Gasteiger partial charge in [0.25, 0.3) is 0 Å². The molecular weight excluding hydrogens is 166 g/mol. The minimum atomic E-state index is 0.248. The summed E-state index contributed by atoms with van der Waals surface area (Å²) in [5.74, 6) is 0. The molecule has 1 saturated heterocycles. The van der Waals surface area contributed by atoms with E-state index in [-0.39, 0.29) is 6.10 Å². The van der Waals surface area contributed by atoms with E-state index in [0.717, 1.165) is 45.8 Å². The monoisotopic (exact) mass is 185 g/mol. The molecule has 0 saturated carbocycles. The highest BCUT2D eigenvalue weighted by Crippen LogP contribution is 1.98. The van der Waals surface area contributed by atoms with Gasteiger partial charge < -0.3 is 14.8 Å². The van der Waals surface area contributed by atoms with Gasteiger partial charge in [-0.15, -0.1) is 6.58 Å². The molecule has 1 aliphatic rings. The summed E-state index contributed by atoms with van der Waals surface area (Å²) in [5, 5.41) is 3.34. The fourth-order valence-corrected chi connectivity index (χ4v) is 1.29. The number of hydrogen-bond acceptors (Lipinski definition) is 3. The van der Waals surface area contributed by atoms with Gasteiger partial charge in [-0.25, -0.2) is 0 Å². The van der Waals surface area contributed by atoms with Crippen LogP contribution in [0, 0.1) is 0 Å². The number of ether oxygens (including phenoxy) is 2. The Morgan fingerprint density at radius 3 is 3.08 bits per heavy atom. The number of nitrogens with one attached hydrogen (secondary N) is 1. The fraction of sp³-hybridized carbons (Fsp3) is 0.800. The molecule has 1 heterocycles. The van der Waals surface area contributed by atoms with E-state index in [1.807, 2.05) is 6.08 Å². The summed E-state index contributed by atoms with van der Waals surface area (Å²) in [7, 11) is 0. The van der Waals surface area contributed by atoms with Crippen LogP contribution in [0.5, 0.6) is 0 Å². The molecule has 1 N–H and O–H groups in total. The van der Waals surface area contributed by atoms with Crippen LogP contribution in [-0.2, 0) is 9.47 Å². The van der Waals surface area contributed by atoms with Crippen LogP contribution in [0.3, 0.4) is 0 Å². The third-order valence-corrected chi connectivity index (χ3v) is 2.02. The number of rotatable bonds is 6. The maximum atomic E-state index is 5.48. The standard InChI is InChI=1S/C10H19NO2/c1-2-3-4-5-11-8-10-9-12-6-7-13-10/h2,10-11H,1,3-9H2. The topological polar surface area (TPSA) is 30.5 Å². The van der Waals surface area contributed by atoms with Crippen molar-refractivity contribution in [3.63, 3.8) is 0 Å². The first-order valence-corrected chi connectivity index (χ1v) is 4.94. The molecule has 1 unspecified atom stereocenters. The molecule has 1 atom stereocenters. The Hall–Kier alpha value is -0.380. The summed E-state index contributed by atoms with van der Waals surface area (Å²) in [6.45, 7) is 7.82.